The lowest BCUT2D eigenvalue weighted by Crippen LogP contribution is -2.18. The molecule has 0 aliphatic heterocycles. The van der Waals surface area contributed by atoms with Gasteiger partial charge in [0.1, 0.15) is 11.4 Å². The summed E-state index contributed by atoms with van der Waals surface area (Å²) in [5.74, 6) is -1.80. The first-order valence-electron chi connectivity index (χ1n) is 6.56. The van der Waals surface area contributed by atoms with Crippen LogP contribution in [0.1, 0.15) is 19.4 Å². The molecule has 112 valence electrons. The zero-order chi connectivity index (χ0) is 15.7. The van der Waals surface area contributed by atoms with E-state index in [1.807, 2.05) is 0 Å². The molecule has 0 heterocycles. The summed E-state index contributed by atoms with van der Waals surface area (Å²) in [6.45, 7) is 3.62. The number of ether oxygens (including phenoxy) is 2. The predicted molar refractivity (Wildman–Crippen MR) is 76.8 cm³/mol. The molecule has 0 aliphatic carbocycles. The molecule has 1 aromatic carbocycles. The van der Waals surface area contributed by atoms with E-state index in [1.54, 1.807) is 32.1 Å². The maximum absolute atomic E-state index is 12.8. The van der Waals surface area contributed by atoms with Crippen molar-refractivity contribution in [1.82, 2.24) is 0 Å². The predicted octanol–water partition coefficient (Wildman–Crippen LogP) is 2.89. The number of benzene rings is 1. The van der Waals surface area contributed by atoms with E-state index in [9.17, 15) is 14.0 Å². The number of halogens is 1. The molecule has 0 fully saturated rings. The van der Waals surface area contributed by atoms with Crippen molar-refractivity contribution in [2.75, 3.05) is 13.2 Å². The van der Waals surface area contributed by atoms with Gasteiger partial charge in [-0.1, -0.05) is 24.3 Å². The van der Waals surface area contributed by atoms with Gasteiger partial charge in [-0.15, -0.1) is 0 Å². The highest BCUT2D eigenvalue weighted by Crippen LogP contribution is 2.07. The zero-order valence-electron chi connectivity index (χ0n) is 12.0. The maximum atomic E-state index is 12.8. The van der Waals surface area contributed by atoms with Gasteiger partial charge >= 0.3 is 11.9 Å². The molecule has 0 N–H and O–H groups in total. The number of hydrogen-bond donors (Lipinski definition) is 0. The Morgan fingerprint density at radius 1 is 1.05 bits per heavy atom. The molecule has 0 aromatic heterocycles. The second kappa shape index (κ2) is 8.68. The molecule has 0 amide bonds. The van der Waals surface area contributed by atoms with E-state index in [4.69, 9.17) is 9.47 Å². The third-order valence-corrected chi connectivity index (χ3v) is 2.41. The summed E-state index contributed by atoms with van der Waals surface area (Å²) in [5, 5.41) is 0. The van der Waals surface area contributed by atoms with Crippen LogP contribution in [0.5, 0.6) is 0 Å². The van der Waals surface area contributed by atoms with Crippen LogP contribution in [0.15, 0.2) is 42.0 Å². The van der Waals surface area contributed by atoms with Gasteiger partial charge in [0.15, 0.2) is 0 Å². The van der Waals surface area contributed by atoms with Crippen LogP contribution in [0.4, 0.5) is 4.39 Å². The van der Waals surface area contributed by atoms with E-state index in [0.717, 1.165) is 5.56 Å². The lowest BCUT2D eigenvalue weighted by atomic mass is 10.2. The van der Waals surface area contributed by atoms with E-state index < -0.39 is 11.9 Å². The Balaban J connectivity index is 2.88. The number of hydrogen-bond acceptors (Lipinski definition) is 4. The lowest BCUT2D eigenvalue weighted by Gasteiger charge is -2.05. The van der Waals surface area contributed by atoms with Crippen LogP contribution >= 0.6 is 0 Å². The molecule has 21 heavy (non-hydrogen) atoms. The molecule has 0 bridgehead atoms. The van der Waals surface area contributed by atoms with Gasteiger partial charge in [-0.2, -0.15) is 0 Å². The molecular weight excluding hydrogens is 275 g/mol. The minimum Gasteiger partial charge on any atom is -0.462 e. The van der Waals surface area contributed by atoms with Crippen LogP contribution in [-0.4, -0.2) is 25.2 Å². The van der Waals surface area contributed by atoms with Gasteiger partial charge in [-0.05, 0) is 37.6 Å². The molecule has 0 unspecified atom stereocenters. The van der Waals surface area contributed by atoms with Gasteiger partial charge in [0.2, 0.25) is 0 Å². The normalized spacial score (nSPS) is 10.2. The molecule has 4 nitrogen and oxygen atoms in total. The summed E-state index contributed by atoms with van der Waals surface area (Å²) >= 11 is 0. The molecule has 0 aliphatic rings. The first-order valence-corrected chi connectivity index (χ1v) is 6.56. The van der Waals surface area contributed by atoms with E-state index in [1.165, 1.54) is 24.3 Å². The minimum atomic E-state index is -0.736. The molecule has 0 radical (unpaired) electrons. The Hall–Kier alpha value is -2.43. The number of allylic oxidation sites excluding steroid dienone is 2. The summed E-state index contributed by atoms with van der Waals surface area (Å²) in [5.41, 5.74) is 0.553. The Kier molecular flexibility index (Phi) is 6.87. The Morgan fingerprint density at radius 2 is 1.57 bits per heavy atom. The monoisotopic (exact) mass is 292 g/mol. The molecule has 5 heteroatoms. The van der Waals surface area contributed by atoms with Crippen molar-refractivity contribution in [3.8, 4) is 0 Å². The Morgan fingerprint density at radius 3 is 2.05 bits per heavy atom. The zero-order valence-corrected chi connectivity index (χ0v) is 12.0. The molecule has 0 spiro atoms. The first-order chi connectivity index (χ1) is 10.1. The smallest absolute Gasteiger partial charge is 0.345 e. The van der Waals surface area contributed by atoms with Gasteiger partial charge in [0.25, 0.3) is 0 Å². The number of carbonyl (C=O) groups is 2. The minimum absolute atomic E-state index is 0.164. The van der Waals surface area contributed by atoms with Crippen molar-refractivity contribution in [3.05, 3.63) is 53.4 Å². The molecular formula is C16H17FO4. The second-order valence-electron chi connectivity index (χ2n) is 3.93. The fraction of sp³-hybridized carbons (Fsp3) is 0.250. The van der Waals surface area contributed by atoms with Gasteiger partial charge in [0, 0.05) is 0 Å². The Bertz CT molecular complexity index is 524. The standard InChI is InChI=1S/C16H17FO4/c1-3-20-15(18)14(16(19)21-4-2)7-5-6-12-8-10-13(17)11-9-12/h5-11H,3-4H2,1-2H3/b6-5+. The topological polar surface area (TPSA) is 52.6 Å². The largest absolute Gasteiger partial charge is 0.462 e. The average molecular weight is 292 g/mol. The molecule has 0 saturated heterocycles. The van der Waals surface area contributed by atoms with Crippen molar-refractivity contribution >= 4 is 18.0 Å². The van der Waals surface area contributed by atoms with Crippen LogP contribution in [0.25, 0.3) is 6.08 Å². The van der Waals surface area contributed by atoms with Crippen molar-refractivity contribution in [2.45, 2.75) is 13.8 Å². The summed E-state index contributed by atoms with van der Waals surface area (Å²) in [4.78, 5) is 23.3. The number of esters is 2. The first kappa shape index (κ1) is 16.6. The van der Waals surface area contributed by atoms with Crippen LogP contribution in [0, 0.1) is 5.82 Å². The average Bonchev–Trinajstić information content (AvgIpc) is 2.46. The van der Waals surface area contributed by atoms with Crippen molar-refractivity contribution in [3.63, 3.8) is 0 Å². The summed E-state index contributed by atoms with van der Waals surface area (Å²) in [6.07, 6.45) is 4.47. The molecule has 0 saturated carbocycles. The fourth-order valence-corrected chi connectivity index (χ4v) is 1.47. The van der Waals surface area contributed by atoms with Crippen LogP contribution < -0.4 is 0 Å². The van der Waals surface area contributed by atoms with E-state index >= 15 is 0 Å². The van der Waals surface area contributed by atoms with Crippen molar-refractivity contribution in [1.29, 1.82) is 0 Å². The van der Waals surface area contributed by atoms with Crippen LogP contribution in [-0.2, 0) is 19.1 Å². The summed E-state index contributed by atoms with van der Waals surface area (Å²) < 4.78 is 22.4. The number of carbonyl (C=O) groups excluding carboxylic acids is 2. The molecule has 1 rings (SSSR count). The summed E-state index contributed by atoms with van der Waals surface area (Å²) in [7, 11) is 0. The Labute approximate surface area is 122 Å². The molecule has 1 aromatic rings. The van der Waals surface area contributed by atoms with Gasteiger partial charge in [0.05, 0.1) is 13.2 Å². The molecule has 0 atom stereocenters. The SMILES string of the molecule is CCOC(=O)C(=C/C=C/c1ccc(F)cc1)C(=O)OCC. The second-order valence-corrected chi connectivity index (χ2v) is 3.93. The van der Waals surface area contributed by atoms with Crippen LogP contribution in [0.2, 0.25) is 0 Å². The lowest BCUT2D eigenvalue weighted by molar-refractivity contribution is -0.146. The summed E-state index contributed by atoms with van der Waals surface area (Å²) in [6, 6.07) is 5.80. The van der Waals surface area contributed by atoms with E-state index in [2.05, 4.69) is 0 Å². The highest BCUT2D eigenvalue weighted by atomic mass is 19.1. The fourth-order valence-electron chi connectivity index (χ4n) is 1.47. The maximum Gasteiger partial charge on any atom is 0.345 e. The third-order valence-electron chi connectivity index (χ3n) is 2.41. The quantitative estimate of drug-likeness (QED) is 0.266. The van der Waals surface area contributed by atoms with Gasteiger partial charge in [-0.3, -0.25) is 0 Å². The van der Waals surface area contributed by atoms with Gasteiger partial charge in [-0.25, -0.2) is 14.0 Å². The van der Waals surface area contributed by atoms with Crippen LogP contribution in [0.3, 0.4) is 0 Å². The highest BCUT2D eigenvalue weighted by Gasteiger charge is 2.19. The van der Waals surface area contributed by atoms with Crippen molar-refractivity contribution < 1.29 is 23.5 Å². The van der Waals surface area contributed by atoms with Gasteiger partial charge < -0.3 is 9.47 Å². The third kappa shape index (κ3) is 5.60. The van der Waals surface area contributed by atoms with E-state index in [-0.39, 0.29) is 24.6 Å². The van der Waals surface area contributed by atoms with E-state index in [0.29, 0.717) is 0 Å². The van der Waals surface area contributed by atoms with Crippen molar-refractivity contribution in [2.24, 2.45) is 0 Å². The highest BCUT2D eigenvalue weighted by molar-refractivity contribution is 6.14. The number of rotatable bonds is 6.